The molecule has 0 aliphatic rings. The molecule has 0 fully saturated rings. The summed E-state index contributed by atoms with van der Waals surface area (Å²) in [5.74, 6) is -0.0628. The van der Waals surface area contributed by atoms with Gasteiger partial charge in [-0.2, -0.15) is 0 Å². The van der Waals surface area contributed by atoms with Gasteiger partial charge in [-0.05, 0) is 24.1 Å². The molecular formula is C12H14Br2N2O3. The molecule has 1 rings (SSSR count). The Bertz CT molecular complexity index is 437. The highest BCUT2D eigenvalue weighted by Crippen LogP contribution is 2.10. The van der Waals surface area contributed by atoms with Gasteiger partial charge in [0.2, 0.25) is 5.91 Å². The zero-order valence-corrected chi connectivity index (χ0v) is 13.2. The lowest BCUT2D eigenvalue weighted by atomic mass is 10.2. The van der Waals surface area contributed by atoms with Gasteiger partial charge in [0.05, 0.1) is 4.83 Å². The van der Waals surface area contributed by atoms with Gasteiger partial charge >= 0.3 is 6.09 Å². The molecule has 104 valence electrons. The van der Waals surface area contributed by atoms with E-state index in [1.807, 2.05) is 0 Å². The van der Waals surface area contributed by atoms with Gasteiger partial charge in [-0.15, -0.1) is 0 Å². The van der Waals surface area contributed by atoms with Crippen molar-refractivity contribution in [2.24, 2.45) is 0 Å². The fraction of sp³-hybridized carbons (Fsp3) is 0.333. The number of carboxylic acid groups (broad SMARTS) is 1. The van der Waals surface area contributed by atoms with Crippen LogP contribution in [0.4, 0.5) is 10.5 Å². The van der Waals surface area contributed by atoms with Crippen molar-refractivity contribution in [3.05, 3.63) is 29.8 Å². The first kappa shape index (κ1) is 16.0. The lowest BCUT2D eigenvalue weighted by Crippen LogP contribution is -2.30. The molecule has 0 spiro atoms. The summed E-state index contributed by atoms with van der Waals surface area (Å²) in [6, 6.07) is 6.83. The third kappa shape index (κ3) is 6.07. The van der Waals surface area contributed by atoms with Crippen LogP contribution in [0.2, 0.25) is 0 Å². The maximum atomic E-state index is 11.6. The van der Waals surface area contributed by atoms with Crippen molar-refractivity contribution < 1.29 is 14.7 Å². The lowest BCUT2D eigenvalue weighted by molar-refractivity contribution is -0.120. The molecule has 0 heterocycles. The first-order valence-electron chi connectivity index (χ1n) is 5.59. The van der Waals surface area contributed by atoms with E-state index in [-0.39, 0.29) is 10.7 Å². The number of anilines is 1. The van der Waals surface area contributed by atoms with Crippen molar-refractivity contribution in [2.45, 2.75) is 17.8 Å². The van der Waals surface area contributed by atoms with Gasteiger partial charge in [0.1, 0.15) is 0 Å². The number of hydrogen-bond donors (Lipinski definition) is 3. The summed E-state index contributed by atoms with van der Waals surface area (Å²) in [5.41, 5.74) is 1.41. The van der Waals surface area contributed by atoms with Crippen molar-refractivity contribution in [2.75, 3.05) is 10.6 Å². The number of hydrogen-bond acceptors (Lipinski definition) is 2. The topological polar surface area (TPSA) is 78.4 Å². The summed E-state index contributed by atoms with van der Waals surface area (Å²) in [6.07, 6.45) is -0.384. The molecular weight excluding hydrogens is 380 g/mol. The monoisotopic (exact) mass is 392 g/mol. The van der Waals surface area contributed by atoms with Crippen molar-refractivity contribution in [3.63, 3.8) is 0 Å². The molecule has 0 saturated carbocycles. The van der Waals surface area contributed by atoms with Crippen LogP contribution in [0.25, 0.3) is 0 Å². The second kappa shape index (κ2) is 8.16. The van der Waals surface area contributed by atoms with Crippen LogP contribution >= 0.6 is 31.9 Å². The normalized spacial score (nSPS) is 11.7. The highest BCUT2D eigenvalue weighted by atomic mass is 79.9. The molecule has 0 radical (unpaired) electrons. The molecule has 3 N–H and O–H groups in total. The Morgan fingerprint density at radius 3 is 2.42 bits per heavy atom. The van der Waals surface area contributed by atoms with E-state index >= 15 is 0 Å². The van der Waals surface area contributed by atoms with Crippen LogP contribution in [-0.2, 0) is 11.3 Å². The molecule has 1 aromatic rings. The minimum atomic E-state index is -1.10. The summed E-state index contributed by atoms with van der Waals surface area (Å²) in [6.45, 7) is 0.413. The van der Waals surface area contributed by atoms with E-state index in [9.17, 15) is 9.59 Å². The summed E-state index contributed by atoms with van der Waals surface area (Å²) >= 11 is 6.58. The molecule has 0 bridgehead atoms. The van der Waals surface area contributed by atoms with Crippen molar-refractivity contribution in [1.82, 2.24) is 5.32 Å². The predicted octanol–water partition coefficient (Wildman–Crippen LogP) is 2.94. The number of alkyl halides is 2. The maximum absolute atomic E-state index is 11.6. The summed E-state index contributed by atoms with van der Waals surface area (Å²) in [7, 11) is 0. The number of rotatable bonds is 6. The second-order valence-corrected chi connectivity index (χ2v) is 5.69. The lowest BCUT2D eigenvalue weighted by Gasteiger charge is -2.10. The summed E-state index contributed by atoms with van der Waals surface area (Å²) < 4.78 is 0. The van der Waals surface area contributed by atoms with Gasteiger partial charge in [0.25, 0.3) is 0 Å². The van der Waals surface area contributed by atoms with Crippen molar-refractivity contribution >= 4 is 49.5 Å². The molecule has 1 unspecified atom stereocenters. The van der Waals surface area contributed by atoms with Gasteiger partial charge < -0.3 is 10.4 Å². The van der Waals surface area contributed by atoms with Crippen LogP contribution in [0.5, 0.6) is 0 Å². The van der Waals surface area contributed by atoms with Crippen LogP contribution in [0.1, 0.15) is 12.0 Å². The molecule has 1 aromatic carbocycles. The van der Waals surface area contributed by atoms with Crippen LogP contribution in [0.15, 0.2) is 24.3 Å². The largest absolute Gasteiger partial charge is 0.465 e. The average molecular weight is 394 g/mol. The van der Waals surface area contributed by atoms with Gasteiger partial charge in [-0.1, -0.05) is 44.0 Å². The first-order valence-corrected chi connectivity index (χ1v) is 7.63. The Morgan fingerprint density at radius 2 is 1.89 bits per heavy atom. The van der Waals surface area contributed by atoms with E-state index in [0.717, 1.165) is 10.9 Å². The number of carbonyl (C=O) groups is 2. The minimum absolute atomic E-state index is 0.0628. The summed E-state index contributed by atoms with van der Waals surface area (Å²) in [4.78, 5) is 21.9. The van der Waals surface area contributed by atoms with Crippen molar-refractivity contribution in [3.8, 4) is 0 Å². The Balaban J connectivity index is 2.45. The molecule has 7 heteroatoms. The van der Waals surface area contributed by atoms with Crippen LogP contribution < -0.4 is 10.6 Å². The predicted molar refractivity (Wildman–Crippen MR) is 81.1 cm³/mol. The zero-order chi connectivity index (χ0) is 14.3. The molecule has 0 aliphatic carbocycles. The second-order valence-electron chi connectivity index (χ2n) is 3.79. The number of benzene rings is 1. The Morgan fingerprint density at radius 1 is 1.26 bits per heavy atom. The van der Waals surface area contributed by atoms with Gasteiger partial charge in [0, 0.05) is 17.6 Å². The fourth-order valence-electron chi connectivity index (χ4n) is 1.36. The van der Waals surface area contributed by atoms with Crippen LogP contribution in [0.3, 0.4) is 0 Å². The van der Waals surface area contributed by atoms with Crippen molar-refractivity contribution in [1.29, 1.82) is 0 Å². The van der Waals surface area contributed by atoms with Gasteiger partial charge in [0.15, 0.2) is 0 Å². The van der Waals surface area contributed by atoms with E-state index in [2.05, 4.69) is 42.5 Å². The van der Waals surface area contributed by atoms with Crippen LogP contribution in [0, 0.1) is 0 Å². The highest BCUT2D eigenvalue weighted by molar-refractivity contribution is 9.10. The third-order valence-corrected chi connectivity index (χ3v) is 3.65. The number of carbonyl (C=O) groups excluding carboxylic acids is 1. The summed E-state index contributed by atoms with van der Waals surface area (Å²) in [5, 5.41) is 14.4. The molecule has 5 nitrogen and oxygen atoms in total. The van der Waals surface area contributed by atoms with E-state index in [1.54, 1.807) is 24.3 Å². The maximum Gasteiger partial charge on any atom is 0.409 e. The fourth-order valence-corrected chi connectivity index (χ4v) is 2.82. The van der Waals surface area contributed by atoms with E-state index in [1.165, 1.54) is 0 Å². The Labute approximate surface area is 128 Å². The van der Waals surface area contributed by atoms with Gasteiger partial charge in [-0.25, -0.2) is 4.79 Å². The molecule has 0 aromatic heterocycles. The first-order chi connectivity index (χ1) is 9.02. The highest BCUT2D eigenvalue weighted by Gasteiger charge is 2.13. The number of nitrogens with one attached hydrogen (secondary N) is 2. The quantitative estimate of drug-likeness (QED) is 0.650. The average Bonchev–Trinajstić information content (AvgIpc) is 2.37. The Hall–Kier alpha value is -1.08. The molecule has 1 atom stereocenters. The van der Waals surface area contributed by atoms with E-state index in [4.69, 9.17) is 5.11 Å². The number of halogens is 2. The van der Waals surface area contributed by atoms with Gasteiger partial charge in [-0.3, -0.25) is 10.1 Å². The Kier molecular flexibility index (Phi) is 6.86. The van der Waals surface area contributed by atoms with E-state index < -0.39 is 6.09 Å². The zero-order valence-electron chi connectivity index (χ0n) is 10.0. The molecule has 19 heavy (non-hydrogen) atoms. The SMILES string of the molecule is O=C(O)Nc1ccc(CNC(=O)C(Br)CCBr)cc1. The van der Waals surface area contributed by atoms with E-state index in [0.29, 0.717) is 18.7 Å². The molecule has 0 saturated heterocycles. The molecule has 2 amide bonds. The minimum Gasteiger partial charge on any atom is -0.465 e. The molecule has 0 aliphatic heterocycles. The third-order valence-electron chi connectivity index (χ3n) is 2.32. The smallest absolute Gasteiger partial charge is 0.409 e. The number of amides is 2. The van der Waals surface area contributed by atoms with Crippen LogP contribution in [-0.4, -0.2) is 27.3 Å². The standard InChI is InChI=1S/C12H14Br2N2O3/c13-6-5-10(14)11(17)15-7-8-1-3-9(4-2-8)16-12(18)19/h1-4,10,16H,5-7H2,(H,15,17)(H,18,19).